The number of carbonyl (C=O) groups excluding carboxylic acids is 1. The van der Waals surface area contributed by atoms with Crippen molar-refractivity contribution in [2.75, 3.05) is 19.5 Å². The fourth-order valence-electron chi connectivity index (χ4n) is 2.56. The zero-order chi connectivity index (χ0) is 17.8. The molecule has 3 rings (SSSR count). The Morgan fingerprint density at radius 3 is 3.00 bits per heavy atom. The van der Waals surface area contributed by atoms with Gasteiger partial charge in [0.05, 0.1) is 19.0 Å². The van der Waals surface area contributed by atoms with E-state index in [2.05, 4.69) is 20.3 Å². The summed E-state index contributed by atoms with van der Waals surface area (Å²) in [6, 6.07) is 6.76. The van der Waals surface area contributed by atoms with Crippen molar-refractivity contribution in [3.05, 3.63) is 53.7 Å². The van der Waals surface area contributed by atoms with E-state index < -0.39 is 6.04 Å². The summed E-state index contributed by atoms with van der Waals surface area (Å²) in [5, 5.41) is 5.99. The second kappa shape index (κ2) is 7.50. The molecule has 0 saturated carbocycles. The number of amides is 1. The lowest BCUT2D eigenvalue weighted by Gasteiger charge is -2.23. The number of aromatic nitrogens is 3. The monoisotopic (exact) mass is 359 g/mol. The predicted octanol–water partition coefficient (Wildman–Crippen LogP) is 2.65. The maximum Gasteiger partial charge on any atom is 0.268 e. The maximum absolute atomic E-state index is 12.7. The Kier molecular flexibility index (Phi) is 5.16. The van der Waals surface area contributed by atoms with Crippen LogP contribution in [0.4, 0.5) is 5.69 Å². The molecule has 0 unspecified atom stereocenters. The topological polar surface area (TPSA) is 83.1 Å². The molecule has 7 nitrogen and oxygen atoms in total. The van der Waals surface area contributed by atoms with Gasteiger partial charge in [-0.25, -0.2) is 10.0 Å². The Bertz CT molecular complexity index is 869. The van der Waals surface area contributed by atoms with Gasteiger partial charge in [-0.15, -0.1) is 0 Å². The van der Waals surface area contributed by atoms with Crippen LogP contribution in [0.25, 0.3) is 10.9 Å². The van der Waals surface area contributed by atoms with Gasteiger partial charge in [-0.1, -0.05) is 11.6 Å². The first-order valence-corrected chi connectivity index (χ1v) is 8.06. The minimum absolute atomic E-state index is 0.198. The summed E-state index contributed by atoms with van der Waals surface area (Å²) < 4.78 is 0. The fourth-order valence-corrected chi connectivity index (χ4v) is 2.73. The van der Waals surface area contributed by atoms with Crippen LogP contribution >= 0.6 is 11.6 Å². The fraction of sp³-hybridized carbons (Fsp3) is 0.235. The summed E-state index contributed by atoms with van der Waals surface area (Å²) >= 11 is 6.03. The molecule has 0 radical (unpaired) electrons. The molecular weight excluding hydrogens is 342 g/mol. The van der Waals surface area contributed by atoms with Crippen LogP contribution in [0.5, 0.6) is 0 Å². The second-order valence-corrected chi connectivity index (χ2v) is 5.95. The number of nitrogens with zero attached hydrogens (tertiary/aromatic N) is 3. The lowest BCUT2D eigenvalue weighted by Crippen LogP contribution is -2.41. The number of nitrogens with one attached hydrogen (secondary N) is 2. The van der Waals surface area contributed by atoms with Crippen molar-refractivity contribution in [3.63, 3.8) is 0 Å². The van der Waals surface area contributed by atoms with Gasteiger partial charge in [-0.3, -0.25) is 14.6 Å². The Labute approximate surface area is 149 Å². The van der Waals surface area contributed by atoms with Crippen LogP contribution in [-0.4, -0.2) is 46.1 Å². The average molecular weight is 360 g/mol. The minimum atomic E-state index is -0.535. The molecular formula is C17H18ClN5O2. The summed E-state index contributed by atoms with van der Waals surface area (Å²) in [5.74, 6) is -0.198. The quantitative estimate of drug-likeness (QED) is 0.661. The van der Waals surface area contributed by atoms with Crippen LogP contribution in [0.1, 0.15) is 5.69 Å². The largest absolute Gasteiger partial charge is 0.373 e. The number of H-pyrrole nitrogens is 1. The van der Waals surface area contributed by atoms with Crippen LogP contribution in [0.3, 0.4) is 0 Å². The molecule has 130 valence electrons. The molecule has 1 atom stereocenters. The number of halogens is 1. The summed E-state index contributed by atoms with van der Waals surface area (Å²) in [7, 11) is 3.03. The zero-order valence-corrected chi connectivity index (χ0v) is 14.6. The first-order chi connectivity index (χ1) is 12.1. The van der Waals surface area contributed by atoms with E-state index in [0.717, 1.165) is 22.3 Å². The van der Waals surface area contributed by atoms with Gasteiger partial charge in [0.1, 0.15) is 6.04 Å². The van der Waals surface area contributed by atoms with E-state index in [4.69, 9.17) is 16.4 Å². The number of hydroxylamine groups is 2. The third-order valence-electron chi connectivity index (χ3n) is 3.90. The number of fused-ring (bicyclic) bond motifs is 1. The van der Waals surface area contributed by atoms with Gasteiger partial charge < -0.3 is 10.3 Å². The number of likely N-dealkylation sites (N-methyl/N-ethyl adjacent to an activating group) is 1. The van der Waals surface area contributed by atoms with E-state index in [1.54, 1.807) is 37.9 Å². The average Bonchev–Trinajstić information content (AvgIpc) is 3.12. The van der Waals surface area contributed by atoms with Gasteiger partial charge in [0, 0.05) is 47.7 Å². The molecule has 0 aliphatic carbocycles. The van der Waals surface area contributed by atoms with Crippen LogP contribution < -0.4 is 5.32 Å². The molecule has 2 heterocycles. The first kappa shape index (κ1) is 17.2. The van der Waals surface area contributed by atoms with Crippen molar-refractivity contribution in [2.24, 2.45) is 0 Å². The van der Waals surface area contributed by atoms with E-state index in [1.165, 1.54) is 12.2 Å². The Morgan fingerprint density at radius 2 is 2.28 bits per heavy atom. The Morgan fingerprint density at radius 1 is 1.44 bits per heavy atom. The van der Waals surface area contributed by atoms with Crippen molar-refractivity contribution >= 4 is 34.1 Å². The molecule has 0 fully saturated rings. The number of carbonyl (C=O) groups is 1. The van der Waals surface area contributed by atoms with Crippen molar-refractivity contribution in [1.29, 1.82) is 0 Å². The number of hydrogen-bond donors (Lipinski definition) is 2. The van der Waals surface area contributed by atoms with E-state index in [1.807, 2.05) is 12.1 Å². The van der Waals surface area contributed by atoms with Crippen molar-refractivity contribution in [2.45, 2.75) is 12.5 Å². The highest BCUT2D eigenvalue weighted by Gasteiger charge is 2.24. The molecule has 2 aromatic heterocycles. The molecule has 0 spiro atoms. The third kappa shape index (κ3) is 3.89. The van der Waals surface area contributed by atoms with Crippen LogP contribution in [0.2, 0.25) is 5.02 Å². The van der Waals surface area contributed by atoms with Crippen molar-refractivity contribution in [1.82, 2.24) is 20.0 Å². The molecule has 3 aromatic rings. The molecule has 2 N–H and O–H groups in total. The number of rotatable bonds is 6. The predicted molar refractivity (Wildman–Crippen MR) is 96.2 cm³/mol. The summed E-state index contributed by atoms with van der Waals surface area (Å²) in [4.78, 5) is 29.0. The zero-order valence-electron chi connectivity index (χ0n) is 13.9. The minimum Gasteiger partial charge on any atom is -0.373 e. The van der Waals surface area contributed by atoms with E-state index >= 15 is 0 Å². The summed E-state index contributed by atoms with van der Waals surface area (Å²) in [5.41, 5.74) is 2.39. The van der Waals surface area contributed by atoms with E-state index in [9.17, 15) is 4.79 Å². The number of imidazole rings is 1. The molecule has 0 saturated heterocycles. The first-order valence-electron chi connectivity index (χ1n) is 7.68. The van der Waals surface area contributed by atoms with Gasteiger partial charge in [0.25, 0.3) is 5.91 Å². The molecule has 1 amide bonds. The molecule has 1 aromatic carbocycles. The van der Waals surface area contributed by atoms with Gasteiger partial charge in [0.2, 0.25) is 0 Å². The third-order valence-corrected chi connectivity index (χ3v) is 4.13. The van der Waals surface area contributed by atoms with E-state index in [-0.39, 0.29) is 5.91 Å². The standard InChI is InChI=1S/C17H18ClN5O2/c1-23(25-2)17(24)16(8-12-9-19-10-21-12)22-14-5-6-20-15-7-11(18)3-4-13(14)15/h3-7,9-10,16H,8H2,1-2H3,(H,19,21)(H,20,22)/t16-/m0/s1. The van der Waals surface area contributed by atoms with Crippen LogP contribution in [0, 0.1) is 0 Å². The second-order valence-electron chi connectivity index (χ2n) is 5.52. The number of anilines is 1. The van der Waals surface area contributed by atoms with E-state index in [0.29, 0.717) is 11.4 Å². The number of benzene rings is 1. The van der Waals surface area contributed by atoms with Crippen molar-refractivity contribution in [3.8, 4) is 0 Å². The van der Waals surface area contributed by atoms with Gasteiger partial charge in [-0.05, 0) is 24.3 Å². The maximum atomic E-state index is 12.7. The van der Waals surface area contributed by atoms with Crippen LogP contribution in [-0.2, 0) is 16.1 Å². The lowest BCUT2D eigenvalue weighted by atomic mass is 10.1. The van der Waals surface area contributed by atoms with Crippen molar-refractivity contribution < 1.29 is 9.63 Å². The summed E-state index contributed by atoms with van der Waals surface area (Å²) in [6.07, 6.45) is 5.39. The molecule has 0 bridgehead atoms. The Hall–Kier alpha value is -2.64. The molecule has 0 aliphatic heterocycles. The number of aromatic amines is 1. The van der Waals surface area contributed by atoms with Gasteiger partial charge >= 0.3 is 0 Å². The summed E-state index contributed by atoms with van der Waals surface area (Å²) in [6.45, 7) is 0. The van der Waals surface area contributed by atoms with Gasteiger partial charge in [0.15, 0.2) is 0 Å². The highest BCUT2D eigenvalue weighted by molar-refractivity contribution is 6.31. The van der Waals surface area contributed by atoms with Gasteiger partial charge in [-0.2, -0.15) is 0 Å². The number of hydrogen-bond acceptors (Lipinski definition) is 5. The Balaban J connectivity index is 1.93. The number of pyridine rings is 1. The molecule has 0 aliphatic rings. The SMILES string of the molecule is CON(C)C(=O)[C@H](Cc1cnc[nH]1)Nc1ccnc2cc(Cl)ccc12. The highest BCUT2D eigenvalue weighted by Crippen LogP contribution is 2.25. The molecule has 25 heavy (non-hydrogen) atoms. The smallest absolute Gasteiger partial charge is 0.268 e. The normalized spacial score (nSPS) is 12.1. The highest BCUT2D eigenvalue weighted by atomic mass is 35.5. The lowest BCUT2D eigenvalue weighted by molar-refractivity contribution is -0.169. The van der Waals surface area contributed by atoms with Crippen LogP contribution in [0.15, 0.2) is 43.0 Å². The molecule has 8 heteroatoms.